The molecule has 1 saturated heterocycles. The van der Waals surface area contributed by atoms with Crippen molar-refractivity contribution >= 4 is 46.2 Å². The smallest absolute Gasteiger partial charge is 0.241 e. The van der Waals surface area contributed by atoms with E-state index in [1.807, 2.05) is 36.4 Å². The van der Waals surface area contributed by atoms with Crippen molar-refractivity contribution in [2.75, 3.05) is 44.8 Å². The molecular weight excluding hydrogens is 521 g/mol. The Morgan fingerprint density at radius 3 is 2.50 bits per heavy atom. The Labute approximate surface area is 227 Å². The number of fused-ring (bicyclic) bond motifs is 1. The summed E-state index contributed by atoms with van der Waals surface area (Å²) >= 11 is 0. The first-order valence-corrected chi connectivity index (χ1v) is 13.4. The number of anilines is 1. The zero-order valence-corrected chi connectivity index (χ0v) is 23.7. The molecule has 200 valence electrons. The number of hydrogen-bond donors (Lipinski definition) is 1. The number of sulfone groups is 1. The maximum absolute atomic E-state index is 13.5. The van der Waals surface area contributed by atoms with Gasteiger partial charge in [0.25, 0.3) is 0 Å². The number of carbonyl (C=O) groups excluding carboxylic acids is 1. The van der Waals surface area contributed by atoms with Crippen LogP contribution >= 0.6 is 24.8 Å². The summed E-state index contributed by atoms with van der Waals surface area (Å²) in [6, 6.07) is 14.8. The Morgan fingerprint density at radius 1 is 1.14 bits per heavy atom. The maximum atomic E-state index is 13.5. The van der Waals surface area contributed by atoms with E-state index in [4.69, 9.17) is 4.74 Å². The summed E-state index contributed by atoms with van der Waals surface area (Å²) in [6.07, 6.45) is 0. The Kier molecular flexibility index (Phi) is 10.4. The van der Waals surface area contributed by atoms with Gasteiger partial charge in [0.05, 0.1) is 23.8 Å². The van der Waals surface area contributed by atoms with Crippen LogP contribution in [0.25, 0.3) is 0 Å². The molecule has 0 radical (unpaired) electrons. The Hall–Kier alpha value is -1.68. The molecular formula is C26H37Cl2N3O4S. The van der Waals surface area contributed by atoms with Crippen LogP contribution in [0.15, 0.2) is 53.4 Å². The molecule has 1 amide bonds. The number of carbonyl (C=O) groups is 1. The Morgan fingerprint density at radius 2 is 1.83 bits per heavy atom. The van der Waals surface area contributed by atoms with E-state index >= 15 is 0 Å². The molecule has 2 aliphatic rings. The van der Waals surface area contributed by atoms with Crippen LogP contribution in [0.5, 0.6) is 0 Å². The highest BCUT2D eigenvalue weighted by molar-refractivity contribution is 7.90. The molecule has 0 spiro atoms. The average Bonchev–Trinajstić information content (AvgIpc) is 3.06. The van der Waals surface area contributed by atoms with Gasteiger partial charge in [0, 0.05) is 49.9 Å². The maximum Gasteiger partial charge on any atom is 0.241 e. The van der Waals surface area contributed by atoms with Gasteiger partial charge in [-0.15, -0.1) is 24.8 Å². The quantitative estimate of drug-likeness (QED) is 0.561. The molecule has 2 aromatic rings. The highest BCUT2D eigenvalue weighted by Crippen LogP contribution is 2.42. The molecule has 1 N–H and O–H groups in total. The number of amides is 1. The summed E-state index contributed by atoms with van der Waals surface area (Å²) in [5, 5.41) is 3.45. The molecule has 2 aliphatic heterocycles. The first kappa shape index (κ1) is 30.5. The molecule has 2 heterocycles. The molecule has 1 fully saturated rings. The van der Waals surface area contributed by atoms with Crippen LogP contribution in [0.3, 0.4) is 0 Å². The zero-order valence-electron chi connectivity index (χ0n) is 21.3. The fourth-order valence-corrected chi connectivity index (χ4v) is 6.37. The predicted molar refractivity (Wildman–Crippen MR) is 148 cm³/mol. The Bertz CT molecular complexity index is 1150. The van der Waals surface area contributed by atoms with E-state index in [2.05, 4.69) is 31.0 Å². The topological polar surface area (TPSA) is 79.0 Å². The van der Waals surface area contributed by atoms with Gasteiger partial charge in [-0.3, -0.25) is 9.69 Å². The molecule has 0 bridgehead atoms. The minimum Gasteiger partial charge on any atom is -0.383 e. The van der Waals surface area contributed by atoms with E-state index in [1.54, 1.807) is 24.1 Å². The van der Waals surface area contributed by atoms with Crippen molar-refractivity contribution in [3.63, 3.8) is 0 Å². The van der Waals surface area contributed by atoms with Crippen LogP contribution in [0.4, 0.5) is 5.69 Å². The van der Waals surface area contributed by atoms with E-state index in [9.17, 15) is 13.2 Å². The van der Waals surface area contributed by atoms with Crippen molar-refractivity contribution < 1.29 is 17.9 Å². The minimum absolute atomic E-state index is 0. The van der Waals surface area contributed by atoms with Gasteiger partial charge in [-0.2, -0.15) is 0 Å². The van der Waals surface area contributed by atoms with Gasteiger partial charge in [0.2, 0.25) is 5.91 Å². The summed E-state index contributed by atoms with van der Waals surface area (Å²) in [6.45, 7) is 9.18. The number of rotatable bonds is 7. The molecule has 4 rings (SSSR count). The molecule has 10 heteroatoms. The number of hydrogen-bond acceptors (Lipinski definition) is 6. The second-order valence-corrected chi connectivity index (χ2v) is 12.1. The summed E-state index contributed by atoms with van der Waals surface area (Å²) in [7, 11) is -1.87. The number of nitrogens with one attached hydrogen (secondary N) is 1. The molecule has 0 aliphatic carbocycles. The average molecular weight is 559 g/mol. The molecule has 0 aromatic heterocycles. The minimum atomic E-state index is -3.55. The lowest BCUT2D eigenvalue weighted by Crippen LogP contribution is -2.59. The normalized spacial score (nSPS) is 21.3. The second kappa shape index (κ2) is 12.2. The van der Waals surface area contributed by atoms with Crippen LogP contribution in [0, 0.1) is 0 Å². The molecule has 0 unspecified atom stereocenters. The molecule has 7 nitrogen and oxygen atoms in total. The van der Waals surface area contributed by atoms with Gasteiger partial charge >= 0.3 is 0 Å². The van der Waals surface area contributed by atoms with E-state index in [0.717, 1.165) is 24.2 Å². The van der Waals surface area contributed by atoms with Crippen LogP contribution < -0.4 is 10.2 Å². The largest absolute Gasteiger partial charge is 0.383 e. The summed E-state index contributed by atoms with van der Waals surface area (Å²) in [5.41, 5.74) is 2.19. The van der Waals surface area contributed by atoms with Crippen molar-refractivity contribution in [3.8, 4) is 0 Å². The first-order chi connectivity index (χ1) is 16.1. The zero-order chi connectivity index (χ0) is 24.5. The summed E-state index contributed by atoms with van der Waals surface area (Å²) in [4.78, 5) is 17.7. The second-order valence-electron chi connectivity index (χ2n) is 10.1. The standard InChI is InChI=1S/C26H35N3O4S.2ClH/c1-19-14-28(21(13-27-19)16-33-4)15-25(30)29-18-26(2,3)23-11-10-22(12-24(23)29)34(31,32)17-20-8-6-5-7-9-20;;/h5-12,19,21,27H,13-18H2,1-4H3;2*1H/t19-,21-;;/m1../s1. The number of ether oxygens (including phenoxy) is 1. The molecule has 2 atom stereocenters. The highest BCUT2D eigenvalue weighted by atomic mass is 35.5. The van der Waals surface area contributed by atoms with Gasteiger partial charge in [-0.25, -0.2) is 8.42 Å². The number of piperazine rings is 1. The van der Waals surface area contributed by atoms with Crippen LogP contribution in [-0.4, -0.2) is 71.2 Å². The van der Waals surface area contributed by atoms with Crippen molar-refractivity contribution in [3.05, 3.63) is 59.7 Å². The lowest BCUT2D eigenvalue weighted by atomic mass is 9.87. The van der Waals surface area contributed by atoms with Crippen molar-refractivity contribution in [1.82, 2.24) is 10.2 Å². The SMILES string of the molecule is COC[C@H]1CN[C@H](C)CN1CC(=O)N1CC(C)(C)c2ccc(S(=O)(=O)Cc3ccccc3)cc21.Cl.Cl. The van der Waals surface area contributed by atoms with Crippen molar-refractivity contribution in [2.24, 2.45) is 0 Å². The van der Waals surface area contributed by atoms with E-state index in [-0.39, 0.29) is 65.4 Å². The van der Waals surface area contributed by atoms with E-state index < -0.39 is 9.84 Å². The first-order valence-electron chi connectivity index (χ1n) is 11.8. The fourth-order valence-electron chi connectivity index (χ4n) is 5.01. The van der Waals surface area contributed by atoms with Gasteiger partial charge < -0.3 is 15.0 Å². The highest BCUT2D eigenvalue weighted by Gasteiger charge is 2.40. The van der Waals surface area contributed by atoms with E-state index in [0.29, 0.717) is 18.8 Å². The van der Waals surface area contributed by atoms with Gasteiger partial charge in [0.15, 0.2) is 9.84 Å². The molecule has 36 heavy (non-hydrogen) atoms. The van der Waals surface area contributed by atoms with Crippen molar-refractivity contribution in [2.45, 2.75) is 48.9 Å². The summed E-state index contributed by atoms with van der Waals surface area (Å²) in [5.74, 6) is -0.0824. The fraction of sp³-hybridized carbons (Fsp3) is 0.500. The number of benzene rings is 2. The van der Waals surface area contributed by atoms with Crippen molar-refractivity contribution in [1.29, 1.82) is 0 Å². The van der Waals surface area contributed by atoms with Crippen LogP contribution in [-0.2, 0) is 30.5 Å². The number of methoxy groups -OCH3 is 1. The summed E-state index contributed by atoms with van der Waals surface area (Å²) < 4.78 is 31.7. The predicted octanol–water partition coefficient (Wildman–Crippen LogP) is 3.44. The lowest BCUT2D eigenvalue weighted by molar-refractivity contribution is -0.121. The van der Waals surface area contributed by atoms with Gasteiger partial charge in [-0.05, 0) is 30.2 Å². The van der Waals surface area contributed by atoms with Gasteiger partial charge in [-0.1, -0.05) is 50.2 Å². The monoisotopic (exact) mass is 557 g/mol. The lowest BCUT2D eigenvalue weighted by Gasteiger charge is -2.39. The number of nitrogens with zero attached hydrogens (tertiary/aromatic N) is 2. The van der Waals surface area contributed by atoms with Crippen LogP contribution in [0.2, 0.25) is 0 Å². The van der Waals surface area contributed by atoms with Crippen LogP contribution in [0.1, 0.15) is 31.9 Å². The number of halogens is 2. The molecule has 0 saturated carbocycles. The third kappa shape index (κ3) is 6.60. The van der Waals surface area contributed by atoms with E-state index in [1.165, 1.54) is 0 Å². The third-order valence-electron chi connectivity index (χ3n) is 6.83. The van der Waals surface area contributed by atoms with Gasteiger partial charge in [0.1, 0.15) is 0 Å². The Balaban J connectivity index is 0.00000228. The molecule has 2 aromatic carbocycles. The third-order valence-corrected chi connectivity index (χ3v) is 8.51.